The molecule has 1 aromatic heterocycles. The van der Waals surface area contributed by atoms with Crippen molar-refractivity contribution < 1.29 is 17.9 Å². The topological polar surface area (TPSA) is 123 Å². The Morgan fingerprint density at radius 2 is 2.00 bits per heavy atom. The van der Waals surface area contributed by atoms with Gasteiger partial charge in [-0.25, -0.2) is 22.9 Å². The van der Waals surface area contributed by atoms with Gasteiger partial charge in [0.05, 0.1) is 0 Å². The average Bonchev–Trinajstić information content (AvgIpc) is 2.33. The lowest BCUT2D eigenvalue weighted by Crippen LogP contribution is -2.37. The van der Waals surface area contributed by atoms with Gasteiger partial charge in [-0.2, -0.15) is 0 Å². The van der Waals surface area contributed by atoms with Gasteiger partial charge in [0.15, 0.2) is 0 Å². The summed E-state index contributed by atoms with van der Waals surface area (Å²) in [7, 11) is -3.67. The van der Waals surface area contributed by atoms with Crippen LogP contribution in [0.15, 0.2) is 23.2 Å². The third-order valence-corrected chi connectivity index (χ3v) is 3.60. The number of hydrogen-bond acceptors (Lipinski definition) is 6. The number of nitrogen functional groups attached to an aromatic ring is 1. The zero-order valence-electron chi connectivity index (χ0n) is 12.2. The highest BCUT2D eigenvalue weighted by Gasteiger charge is 2.16. The molecule has 118 valence electrons. The summed E-state index contributed by atoms with van der Waals surface area (Å²) in [5.74, 6) is 0.237. The summed E-state index contributed by atoms with van der Waals surface area (Å²) in [5.41, 5.74) is 4.79. The number of anilines is 1. The number of amides is 1. The van der Waals surface area contributed by atoms with Crippen LogP contribution in [0.5, 0.6) is 0 Å². The molecular weight excluding hydrogens is 296 g/mol. The first-order chi connectivity index (χ1) is 9.60. The molecule has 0 aliphatic heterocycles. The van der Waals surface area contributed by atoms with E-state index < -0.39 is 21.7 Å². The summed E-state index contributed by atoms with van der Waals surface area (Å²) >= 11 is 0. The fourth-order valence-electron chi connectivity index (χ4n) is 1.30. The second kappa shape index (κ2) is 6.72. The summed E-state index contributed by atoms with van der Waals surface area (Å²) in [6.07, 6.45) is 0.565. The molecule has 4 N–H and O–H groups in total. The Hall–Kier alpha value is -1.87. The summed E-state index contributed by atoms with van der Waals surface area (Å²) in [5, 5.41) is 2.45. The van der Waals surface area contributed by atoms with E-state index in [4.69, 9.17) is 10.5 Å². The molecule has 9 heteroatoms. The van der Waals surface area contributed by atoms with Crippen molar-refractivity contribution in [2.45, 2.75) is 31.3 Å². The minimum Gasteiger partial charge on any atom is -0.444 e. The fraction of sp³-hybridized carbons (Fsp3) is 0.500. The van der Waals surface area contributed by atoms with E-state index in [1.165, 1.54) is 18.3 Å². The Morgan fingerprint density at radius 3 is 2.52 bits per heavy atom. The van der Waals surface area contributed by atoms with Crippen LogP contribution in [0.25, 0.3) is 0 Å². The molecule has 0 radical (unpaired) electrons. The molecule has 0 saturated heterocycles. The number of sulfonamides is 1. The monoisotopic (exact) mass is 316 g/mol. The lowest BCUT2D eigenvalue weighted by Gasteiger charge is -2.19. The van der Waals surface area contributed by atoms with Gasteiger partial charge in [0, 0.05) is 19.3 Å². The van der Waals surface area contributed by atoms with Crippen LogP contribution in [-0.4, -0.2) is 38.2 Å². The smallest absolute Gasteiger partial charge is 0.407 e. The van der Waals surface area contributed by atoms with Crippen molar-refractivity contribution in [2.24, 2.45) is 0 Å². The van der Waals surface area contributed by atoms with E-state index in [2.05, 4.69) is 15.0 Å². The summed E-state index contributed by atoms with van der Waals surface area (Å²) < 4.78 is 31.1. The van der Waals surface area contributed by atoms with E-state index in [0.717, 1.165) is 0 Å². The maximum Gasteiger partial charge on any atom is 0.407 e. The second-order valence-corrected chi connectivity index (χ2v) is 7.01. The molecule has 1 rings (SSSR count). The molecular formula is C12H20N4O4S. The van der Waals surface area contributed by atoms with Crippen LogP contribution in [0.3, 0.4) is 0 Å². The lowest BCUT2D eigenvalue weighted by atomic mass is 10.2. The molecule has 0 unspecified atom stereocenters. The van der Waals surface area contributed by atoms with Crippen molar-refractivity contribution in [3.05, 3.63) is 18.3 Å². The van der Waals surface area contributed by atoms with Gasteiger partial charge in [-0.1, -0.05) is 0 Å². The van der Waals surface area contributed by atoms with E-state index in [1.54, 1.807) is 20.8 Å². The van der Waals surface area contributed by atoms with Crippen molar-refractivity contribution in [1.29, 1.82) is 0 Å². The normalized spacial score (nSPS) is 12.0. The minimum absolute atomic E-state index is 0.00830. The Bertz CT molecular complexity index is 578. The zero-order chi connectivity index (χ0) is 16.1. The molecule has 1 heterocycles. The second-order valence-electron chi connectivity index (χ2n) is 5.25. The first-order valence-electron chi connectivity index (χ1n) is 6.28. The Kier molecular flexibility index (Phi) is 5.50. The van der Waals surface area contributed by atoms with Crippen molar-refractivity contribution in [3.63, 3.8) is 0 Å². The average molecular weight is 316 g/mol. The van der Waals surface area contributed by atoms with Crippen molar-refractivity contribution in [1.82, 2.24) is 15.0 Å². The molecule has 8 nitrogen and oxygen atoms in total. The van der Waals surface area contributed by atoms with Crippen LogP contribution in [-0.2, 0) is 14.8 Å². The van der Waals surface area contributed by atoms with Gasteiger partial charge in [-0.3, -0.25) is 0 Å². The standard InChI is InChI=1S/C12H20N4O4S/c1-12(2,3)20-11(17)14-6-7-16-21(18,19)9-4-5-10(13)15-8-9/h4-5,8,16H,6-7H2,1-3H3,(H2,13,15)(H,14,17). The molecule has 0 atom stereocenters. The van der Waals surface area contributed by atoms with Gasteiger partial charge >= 0.3 is 6.09 Å². The largest absolute Gasteiger partial charge is 0.444 e. The first-order valence-corrected chi connectivity index (χ1v) is 7.76. The van der Waals surface area contributed by atoms with E-state index in [1.807, 2.05) is 0 Å². The fourth-order valence-corrected chi connectivity index (χ4v) is 2.27. The zero-order valence-corrected chi connectivity index (χ0v) is 13.0. The number of carbonyl (C=O) groups is 1. The van der Waals surface area contributed by atoms with Crippen LogP contribution < -0.4 is 15.8 Å². The van der Waals surface area contributed by atoms with Crippen LogP contribution in [0.1, 0.15) is 20.8 Å². The van der Waals surface area contributed by atoms with Crippen molar-refractivity contribution in [3.8, 4) is 0 Å². The molecule has 0 saturated carbocycles. The van der Waals surface area contributed by atoms with Crippen molar-refractivity contribution in [2.75, 3.05) is 18.8 Å². The highest BCUT2D eigenvalue weighted by molar-refractivity contribution is 7.89. The molecule has 1 amide bonds. The van der Waals surface area contributed by atoms with Gasteiger partial charge in [-0.05, 0) is 32.9 Å². The van der Waals surface area contributed by atoms with E-state index in [0.29, 0.717) is 0 Å². The van der Waals surface area contributed by atoms with Crippen molar-refractivity contribution >= 4 is 21.9 Å². The van der Waals surface area contributed by atoms with Gasteiger partial charge < -0.3 is 15.8 Å². The molecule has 1 aromatic rings. The van der Waals surface area contributed by atoms with Gasteiger partial charge in [-0.15, -0.1) is 0 Å². The number of ether oxygens (including phenoxy) is 1. The van der Waals surface area contributed by atoms with Crippen LogP contribution in [0.2, 0.25) is 0 Å². The SMILES string of the molecule is CC(C)(C)OC(=O)NCCNS(=O)(=O)c1ccc(N)nc1. The summed E-state index contributed by atoms with van der Waals surface area (Å²) in [4.78, 5) is 15.1. The Balaban J connectivity index is 2.41. The van der Waals surface area contributed by atoms with Crippen LogP contribution >= 0.6 is 0 Å². The predicted molar refractivity (Wildman–Crippen MR) is 78.1 cm³/mol. The predicted octanol–water partition coefficient (Wildman–Crippen LogP) is 0.467. The molecule has 0 spiro atoms. The number of aromatic nitrogens is 1. The minimum atomic E-state index is -3.67. The quantitative estimate of drug-likeness (QED) is 0.678. The maximum atomic E-state index is 11.9. The molecule has 0 aromatic carbocycles. The molecule has 21 heavy (non-hydrogen) atoms. The number of rotatable bonds is 5. The number of pyridine rings is 1. The van der Waals surface area contributed by atoms with Crippen LogP contribution in [0, 0.1) is 0 Å². The summed E-state index contributed by atoms with van der Waals surface area (Å²) in [6.45, 7) is 5.36. The number of nitrogens with zero attached hydrogens (tertiary/aromatic N) is 1. The van der Waals surface area contributed by atoms with Gasteiger partial charge in [0.2, 0.25) is 10.0 Å². The Labute approximate surface area is 124 Å². The number of hydrogen-bond donors (Lipinski definition) is 3. The number of nitrogens with one attached hydrogen (secondary N) is 2. The molecule has 0 aliphatic carbocycles. The van der Waals surface area contributed by atoms with E-state index >= 15 is 0 Å². The first kappa shape index (κ1) is 17.2. The molecule has 0 bridgehead atoms. The highest BCUT2D eigenvalue weighted by atomic mass is 32.2. The third-order valence-electron chi connectivity index (χ3n) is 2.15. The third kappa shape index (κ3) is 6.41. The van der Waals surface area contributed by atoms with E-state index in [-0.39, 0.29) is 23.8 Å². The molecule has 0 fully saturated rings. The maximum absolute atomic E-state index is 11.9. The lowest BCUT2D eigenvalue weighted by molar-refractivity contribution is 0.0529. The van der Waals surface area contributed by atoms with Crippen LogP contribution in [0.4, 0.5) is 10.6 Å². The number of alkyl carbamates (subject to hydrolysis) is 1. The molecule has 0 aliphatic rings. The summed E-state index contributed by atoms with van der Waals surface area (Å²) in [6, 6.07) is 2.75. The van der Waals surface area contributed by atoms with Gasteiger partial charge in [0.25, 0.3) is 0 Å². The van der Waals surface area contributed by atoms with E-state index in [9.17, 15) is 13.2 Å². The highest BCUT2D eigenvalue weighted by Crippen LogP contribution is 2.08. The number of nitrogens with two attached hydrogens (primary N) is 1. The Morgan fingerprint density at radius 1 is 1.33 bits per heavy atom. The van der Waals surface area contributed by atoms with Gasteiger partial charge in [0.1, 0.15) is 16.3 Å². The number of carbonyl (C=O) groups excluding carboxylic acids is 1.